The summed E-state index contributed by atoms with van der Waals surface area (Å²) in [6.45, 7) is -0.365. The van der Waals surface area contributed by atoms with Gasteiger partial charge in [-0.2, -0.15) is 0 Å². The van der Waals surface area contributed by atoms with Crippen LogP contribution in [0, 0.1) is 0 Å². The molecule has 1 aromatic carbocycles. The molecule has 0 bridgehead atoms. The fourth-order valence-corrected chi connectivity index (χ4v) is 2.78. The van der Waals surface area contributed by atoms with Crippen LogP contribution in [0.4, 0.5) is 4.79 Å². The van der Waals surface area contributed by atoms with Gasteiger partial charge in [-0.3, -0.25) is 19.3 Å². The SMILES string of the molecule is COC(=O)c1ccc(C(=O)OCC(=O)NCCN2C(=O)CSC2=O)cc1. The fourth-order valence-electron chi connectivity index (χ4n) is 2.03. The highest BCUT2D eigenvalue weighted by atomic mass is 32.2. The normalized spacial score (nSPS) is 13.5. The molecule has 1 aliphatic heterocycles. The van der Waals surface area contributed by atoms with Gasteiger partial charge in [-0.15, -0.1) is 0 Å². The van der Waals surface area contributed by atoms with Crippen LogP contribution in [0.15, 0.2) is 24.3 Å². The lowest BCUT2D eigenvalue weighted by Crippen LogP contribution is -2.38. The summed E-state index contributed by atoms with van der Waals surface area (Å²) < 4.78 is 9.41. The lowest BCUT2D eigenvalue weighted by Gasteiger charge is -2.13. The van der Waals surface area contributed by atoms with Gasteiger partial charge in [0.1, 0.15) is 0 Å². The first-order valence-corrected chi connectivity index (χ1v) is 8.50. The zero-order chi connectivity index (χ0) is 19.1. The molecule has 1 aromatic rings. The van der Waals surface area contributed by atoms with E-state index < -0.39 is 24.5 Å². The second-order valence-corrected chi connectivity index (χ2v) is 6.02. The van der Waals surface area contributed by atoms with Crippen molar-refractivity contribution in [3.8, 4) is 0 Å². The van der Waals surface area contributed by atoms with Gasteiger partial charge in [0.25, 0.3) is 11.1 Å². The molecule has 3 amide bonds. The van der Waals surface area contributed by atoms with Crippen LogP contribution in [0.5, 0.6) is 0 Å². The van der Waals surface area contributed by atoms with Gasteiger partial charge >= 0.3 is 11.9 Å². The molecule has 0 spiro atoms. The summed E-state index contributed by atoms with van der Waals surface area (Å²) in [6.07, 6.45) is 0. The van der Waals surface area contributed by atoms with E-state index in [4.69, 9.17) is 4.74 Å². The maximum atomic E-state index is 11.9. The summed E-state index contributed by atoms with van der Waals surface area (Å²) in [5.41, 5.74) is 0.460. The number of rotatable bonds is 7. The number of hydrogen-bond acceptors (Lipinski definition) is 8. The number of ether oxygens (including phenoxy) is 2. The van der Waals surface area contributed by atoms with E-state index in [1.165, 1.54) is 31.4 Å². The van der Waals surface area contributed by atoms with Crippen LogP contribution in [-0.2, 0) is 19.1 Å². The van der Waals surface area contributed by atoms with Crippen molar-refractivity contribution in [2.75, 3.05) is 32.6 Å². The minimum Gasteiger partial charge on any atom is -0.465 e. The number of benzene rings is 1. The van der Waals surface area contributed by atoms with Crippen molar-refractivity contribution in [1.29, 1.82) is 0 Å². The van der Waals surface area contributed by atoms with Gasteiger partial charge < -0.3 is 14.8 Å². The predicted octanol–water partition coefficient (Wildman–Crippen LogP) is 0.442. The maximum Gasteiger partial charge on any atom is 0.338 e. The zero-order valence-corrected chi connectivity index (χ0v) is 14.7. The van der Waals surface area contributed by atoms with E-state index in [0.717, 1.165) is 16.7 Å². The number of nitrogens with zero attached hydrogens (tertiary/aromatic N) is 1. The third-order valence-electron chi connectivity index (χ3n) is 3.37. The summed E-state index contributed by atoms with van der Waals surface area (Å²) in [7, 11) is 1.25. The molecular formula is C16H16N2O7S. The standard InChI is InChI=1S/C16H16N2O7S/c1-24-14(21)10-2-4-11(5-3-10)15(22)25-8-12(19)17-6-7-18-13(20)9-26-16(18)23/h2-5H,6-9H2,1H3,(H,17,19). The first kappa shape index (κ1) is 19.4. The van der Waals surface area contributed by atoms with Gasteiger partial charge in [-0.1, -0.05) is 11.8 Å². The van der Waals surface area contributed by atoms with Crippen molar-refractivity contribution in [1.82, 2.24) is 10.2 Å². The van der Waals surface area contributed by atoms with Gasteiger partial charge in [0.05, 0.1) is 24.0 Å². The van der Waals surface area contributed by atoms with Crippen LogP contribution < -0.4 is 5.32 Å². The highest BCUT2D eigenvalue weighted by Crippen LogP contribution is 2.17. The van der Waals surface area contributed by atoms with Crippen molar-refractivity contribution in [2.24, 2.45) is 0 Å². The quantitative estimate of drug-likeness (QED) is 0.677. The molecule has 0 aromatic heterocycles. The van der Waals surface area contributed by atoms with Gasteiger partial charge in [0.2, 0.25) is 5.91 Å². The molecule has 138 valence electrons. The molecule has 0 aliphatic carbocycles. The van der Waals surface area contributed by atoms with Gasteiger partial charge in [0.15, 0.2) is 6.61 Å². The van der Waals surface area contributed by atoms with Crippen LogP contribution in [0.2, 0.25) is 0 Å². The molecule has 0 radical (unpaired) electrons. The van der Waals surface area contributed by atoms with Crippen LogP contribution in [0.25, 0.3) is 0 Å². The first-order chi connectivity index (χ1) is 12.4. The number of hydrogen-bond donors (Lipinski definition) is 1. The second-order valence-electron chi connectivity index (χ2n) is 5.09. The predicted molar refractivity (Wildman–Crippen MR) is 90.6 cm³/mol. The highest BCUT2D eigenvalue weighted by Gasteiger charge is 2.29. The van der Waals surface area contributed by atoms with E-state index in [1.54, 1.807) is 0 Å². The molecule has 10 heteroatoms. The van der Waals surface area contributed by atoms with Gasteiger partial charge in [-0.05, 0) is 24.3 Å². The molecule has 1 N–H and O–H groups in total. The van der Waals surface area contributed by atoms with Gasteiger partial charge in [0, 0.05) is 13.1 Å². The number of methoxy groups -OCH3 is 1. The van der Waals surface area contributed by atoms with Crippen LogP contribution in [0.3, 0.4) is 0 Å². The summed E-state index contributed by atoms with van der Waals surface area (Å²) in [6, 6.07) is 5.58. The number of imide groups is 1. The number of nitrogens with one attached hydrogen (secondary N) is 1. The summed E-state index contributed by atoms with van der Waals surface area (Å²) in [4.78, 5) is 58.6. The van der Waals surface area contributed by atoms with Crippen LogP contribution in [-0.4, -0.2) is 66.5 Å². The van der Waals surface area contributed by atoms with Crippen molar-refractivity contribution >= 4 is 40.8 Å². The molecule has 0 atom stereocenters. The van der Waals surface area contributed by atoms with Gasteiger partial charge in [-0.25, -0.2) is 9.59 Å². The summed E-state index contributed by atoms with van der Waals surface area (Å²) in [5.74, 6) is -2.00. The Morgan fingerprint density at radius 1 is 1.12 bits per heavy atom. The molecule has 0 unspecified atom stereocenters. The number of esters is 2. The van der Waals surface area contributed by atoms with Crippen molar-refractivity contribution in [2.45, 2.75) is 0 Å². The third-order valence-corrected chi connectivity index (χ3v) is 4.23. The summed E-state index contributed by atoms with van der Waals surface area (Å²) >= 11 is 0.915. The van der Waals surface area contributed by atoms with Crippen molar-refractivity contribution in [3.05, 3.63) is 35.4 Å². The number of amides is 3. The Bertz CT molecular complexity index is 717. The fraction of sp³-hybridized carbons (Fsp3) is 0.312. The lowest BCUT2D eigenvalue weighted by atomic mass is 10.1. The molecule has 26 heavy (non-hydrogen) atoms. The average Bonchev–Trinajstić information content (AvgIpc) is 2.97. The molecule has 2 rings (SSSR count). The van der Waals surface area contributed by atoms with Crippen molar-refractivity contribution < 1.29 is 33.4 Å². The van der Waals surface area contributed by atoms with E-state index in [0.29, 0.717) is 0 Å². The minimum absolute atomic E-state index is 0.0688. The largest absolute Gasteiger partial charge is 0.465 e. The highest BCUT2D eigenvalue weighted by molar-refractivity contribution is 8.14. The van der Waals surface area contributed by atoms with Crippen LogP contribution in [0.1, 0.15) is 20.7 Å². The molecular weight excluding hydrogens is 364 g/mol. The summed E-state index contributed by atoms with van der Waals surface area (Å²) in [5, 5.41) is 2.11. The molecule has 9 nitrogen and oxygen atoms in total. The molecule has 1 heterocycles. The van der Waals surface area contributed by atoms with Crippen LogP contribution >= 0.6 is 11.8 Å². The maximum absolute atomic E-state index is 11.9. The number of carbonyl (C=O) groups excluding carboxylic acids is 5. The molecule has 0 saturated carbocycles. The topological polar surface area (TPSA) is 119 Å². The van der Waals surface area contributed by atoms with E-state index in [9.17, 15) is 24.0 Å². The minimum atomic E-state index is -0.724. The number of thioether (sulfide) groups is 1. The molecule has 1 aliphatic rings. The lowest BCUT2D eigenvalue weighted by molar-refractivity contribution is -0.126. The van der Waals surface area contributed by atoms with E-state index in [2.05, 4.69) is 10.1 Å². The molecule has 1 saturated heterocycles. The Labute approximate surface area is 153 Å². The Morgan fingerprint density at radius 2 is 1.73 bits per heavy atom. The Morgan fingerprint density at radius 3 is 2.27 bits per heavy atom. The Hall–Kier alpha value is -2.88. The Balaban J connectivity index is 1.73. The molecule has 1 fully saturated rings. The van der Waals surface area contributed by atoms with E-state index >= 15 is 0 Å². The van der Waals surface area contributed by atoms with E-state index in [1.807, 2.05) is 0 Å². The average molecular weight is 380 g/mol. The monoisotopic (exact) mass is 380 g/mol. The first-order valence-electron chi connectivity index (χ1n) is 7.51. The second kappa shape index (κ2) is 8.99. The zero-order valence-electron chi connectivity index (χ0n) is 13.9. The smallest absolute Gasteiger partial charge is 0.338 e. The third kappa shape index (κ3) is 5.06. The van der Waals surface area contributed by atoms with Crippen molar-refractivity contribution in [3.63, 3.8) is 0 Å². The Kier molecular flexibility index (Phi) is 6.73. The van der Waals surface area contributed by atoms with E-state index in [-0.39, 0.29) is 41.1 Å². The number of carbonyl (C=O) groups is 5.